The highest BCUT2D eigenvalue weighted by Crippen LogP contribution is 2.17. The van der Waals surface area contributed by atoms with Gasteiger partial charge in [-0.05, 0) is 12.8 Å². The maximum absolute atomic E-state index is 10.4. The third kappa shape index (κ3) is 2.89. The van der Waals surface area contributed by atoms with Gasteiger partial charge in [0, 0.05) is 0 Å². The quantitative estimate of drug-likeness (QED) is 0.617. The maximum Gasteiger partial charge on any atom is 0.104 e. The molecule has 0 aromatic rings. The number of aliphatic carboxylic acids is 1. The van der Waals surface area contributed by atoms with Gasteiger partial charge < -0.3 is 15.0 Å². The number of carboxylic acid groups (broad SMARTS) is 1. The van der Waals surface area contributed by atoms with Crippen LogP contribution in [-0.2, 0) is 4.79 Å². The maximum atomic E-state index is 10.4. The number of carbonyl (C=O) groups is 1. The highest BCUT2D eigenvalue weighted by atomic mass is 16.4. The Balaban J connectivity index is 3.99. The van der Waals surface area contributed by atoms with Crippen LogP contribution in [0.4, 0.5) is 0 Å². The van der Waals surface area contributed by atoms with Crippen molar-refractivity contribution in [1.29, 1.82) is 0 Å². The summed E-state index contributed by atoms with van der Waals surface area (Å²) in [5, 5.41) is 19.8. The molecule has 0 aliphatic heterocycles. The Labute approximate surface area is 67.0 Å². The summed E-state index contributed by atoms with van der Waals surface area (Å²) in [6, 6.07) is 0. The van der Waals surface area contributed by atoms with Crippen LogP contribution in [0.25, 0.3) is 0 Å². The first-order valence-electron chi connectivity index (χ1n) is 4.00. The van der Waals surface area contributed by atoms with E-state index in [2.05, 4.69) is 0 Å². The third-order valence-corrected chi connectivity index (χ3v) is 1.91. The molecule has 3 heteroatoms. The van der Waals surface area contributed by atoms with Crippen molar-refractivity contribution in [3.63, 3.8) is 0 Å². The Morgan fingerprint density at radius 3 is 2.36 bits per heavy atom. The molecule has 0 rings (SSSR count). The largest absolute Gasteiger partial charge is 0.547 e. The molecule has 1 unspecified atom stereocenters. The molecule has 1 atom stereocenters. The molecule has 0 aliphatic rings. The fourth-order valence-corrected chi connectivity index (χ4v) is 0.892. The number of hydrogen-bond donors (Lipinski definition) is 1. The van der Waals surface area contributed by atoms with Crippen molar-refractivity contribution in [3.05, 3.63) is 0 Å². The van der Waals surface area contributed by atoms with E-state index in [1.807, 2.05) is 6.92 Å². The highest BCUT2D eigenvalue weighted by molar-refractivity contribution is 5.74. The number of aliphatic hydroxyl groups is 1. The van der Waals surface area contributed by atoms with E-state index in [0.717, 1.165) is 12.8 Å². The number of hydrogen-bond acceptors (Lipinski definition) is 3. The lowest BCUT2D eigenvalue weighted by Gasteiger charge is -2.27. The first-order chi connectivity index (χ1) is 5.06. The highest BCUT2D eigenvalue weighted by Gasteiger charge is 2.24. The number of unbranched alkanes of at least 4 members (excludes halogenated alkanes) is 1. The Morgan fingerprint density at radius 2 is 2.09 bits per heavy atom. The van der Waals surface area contributed by atoms with Gasteiger partial charge in [-0.3, -0.25) is 0 Å². The number of rotatable bonds is 5. The summed E-state index contributed by atoms with van der Waals surface area (Å²) in [5.41, 5.74) is -1.60. The molecule has 66 valence electrons. The van der Waals surface area contributed by atoms with Gasteiger partial charge in [-0.1, -0.05) is 26.7 Å². The van der Waals surface area contributed by atoms with Crippen LogP contribution in [0.15, 0.2) is 0 Å². The van der Waals surface area contributed by atoms with Gasteiger partial charge in [0.1, 0.15) is 5.60 Å². The van der Waals surface area contributed by atoms with E-state index in [0.29, 0.717) is 6.42 Å². The van der Waals surface area contributed by atoms with Crippen LogP contribution in [0.1, 0.15) is 39.5 Å². The number of carbonyl (C=O) groups excluding carboxylic acids is 1. The average Bonchev–Trinajstić information content (AvgIpc) is 2.00. The molecular formula is C8H15O3-. The molecule has 0 aliphatic carbocycles. The average molecular weight is 159 g/mol. The fourth-order valence-electron chi connectivity index (χ4n) is 0.892. The molecule has 0 fully saturated rings. The van der Waals surface area contributed by atoms with Crippen molar-refractivity contribution in [3.8, 4) is 0 Å². The molecule has 0 radical (unpaired) electrons. The third-order valence-electron chi connectivity index (χ3n) is 1.91. The lowest BCUT2D eigenvalue weighted by Crippen LogP contribution is -2.47. The van der Waals surface area contributed by atoms with Crippen LogP contribution in [-0.4, -0.2) is 16.7 Å². The Morgan fingerprint density at radius 1 is 1.55 bits per heavy atom. The normalized spacial score (nSPS) is 15.9. The summed E-state index contributed by atoms with van der Waals surface area (Å²) in [6.07, 6.45) is 2.12. The molecule has 0 saturated heterocycles. The lowest BCUT2D eigenvalue weighted by atomic mass is 9.94. The second-order valence-corrected chi connectivity index (χ2v) is 2.78. The number of carboxylic acids is 1. The molecule has 0 spiro atoms. The first-order valence-corrected chi connectivity index (χ1v) is 4.00. The summed E-state index contributed by atoms with van der Waals surface area (Å²) >= 11 is 0. The van der Waals surface area contributed by atoms with Gasteiger partial charge in [0.05, 0.1) is 5.97 Å². The van der Waals surface area contributed by atoms with E-state index >= 15 is 0 Å². The van der Waals surface area contributed by atoms with E-state index < -0.39 is 11.6 Å². The second-order valence-electron chi connectivity index (χ2n) is 2.78. The van der Waals surface area contributed by atoms with Crippen molar-refractivity contribution in [2.45, 2.75) is 45.1 Å². The predicted molar refractivity (Wildman–Crippen MR) is 39.8 cm³/mol. The van der Waals surface area contributed by atoms with E-state index in [4.69, 9.17) is 0 Å². The summed E-state index contributed by atoms with van der Waals surface area (Å²) < 4.78 is 0. The molecular weight excluding hydrogens is 144 g/mol. The van der Waals surface area contributed by atoms with E-state index in [1.54, 1.807) is 6.92 Å². The minimum Gasteiger partial charge on any atom is -0.547 e. The zero-order chi connectivity index (χ0) is 8.91. The molecule has 0 saturated carbocycles. The fraction of sp³-hybridized carbons (Fsp3) is 0.875. The molecule has 3 nitrogen and oxygen atoms in total. The molecule has 11 heavy (non-hydrogen) atoms. The zero-order valence-electron chi connectivity index (χ0n) is 7.09. The van der Waals surface area contributed by atoms with Crippen LogP contribution in [0.3, 0.4) is 0 Å². The Hall–Kier alpha value is -0.570. The Bertz CT molecular complexity index is 133. The van der Waals surface area contributed by atoms with Crippen LogP contribution >= 0.6 is 0 Å². The lowest BCUT2D eigenvalue weighted by molar-refractivity contribution is -0.325. The van der Waals surface area contributed by atoms with Crippen molar-refractivity contribution < 1.29 is 15.0 Å². The first kappa shape index (κ1) is 10.4. The standard InChI is InChI=1S/C8H16O3/c1-3-5-6-8(11,4-2)7(9)10/h11H,3-6H2,1-2H3,(H,9,10)/p-1. The molecule has 0 aromatic heterocycles. The summed E-state index contributed by atoms with van der Waals surface area (Å²) in [5.74, 6) is -1.35. The van der Waals surface area contributed by atoms with Gasteiger partial charge in [-0.25, -0.2) is 0 Å². The van der Waals surface area contributed by atoms with Crippen LogP contribution < -0.4 is 5.11 Å². The Kier molecular flexibility index (Phi) is 4.11. The van der Waals surface area contributed by atoms with Crippen molar-refractivity contribution in [2.75, 3.05) is 0 Å². The minimum absolute atomic E-state index is 0.218. The van der Waals surface area contributed by atoms with Gasteiger partial charge in [0.25, 0.3) is 0 Å². The van der Waals surface area contributed by atoms with Crippen molar-refractivity contribution in [2.24, 2.45) is 0 Å². The molecule has 0 aromatic carbocycles. The van der Waals surface area contributed by atoms with E-state index in [-0.39, 0.29) is 6.42 Å². The summed E-state index contributed by atoms with van der Waals surface area (Å²) in [7, 11) is 0. The van der Waals surface area contributed by atoms with Gasteiger partial charge in [-0.2, -0.15) is 0 Å². The summed E-state index contributed by atoms with van der Waals surface area (Å²) in [4.78, 5) is 10.4. The monoisotopic (exact) mass is 159 g/mol. The van der Waals surface area contributed by atoms with Crippen LogP contribution in [0, 0.1) is 0 Å². The van der Waals surface area contributed by atoms with E-state index in [1.165, 1.54) is 0 Å². The van der Waals surface area contributed by atoms with Crippen LogP contribution in [0.2, 0.25) is 0 Å². The summed E-state index contributed by atoms with van der Waals surface area (Å²) in [6.45, 7) is 3.59. The zero-order valence-corrected chi connectivity index (χ0v) is 7.09. The molecule has 0 amide bonds. The second kappa shape index (κ2) is 4.34. The predicted octanol–water partition coefficient (Wildman–Crippen LogP) is 0.0676. The van der Waals surface area contributed by atoms with Crippen molar-refractivity contribution in [1.82, 2.24) is 0 Å². The van der Waals surface area contributed by atoms with Gasteiger partial charge in [-0.15, -0.1) is 0 Å². The topological polar surface area (TPSA) is 60.4 Å². The smallest absolute Gasteiger partial charge is 0.104 e. The van der Waals surface area contributed by atoms with Gasteiger partial charge in [0.15, 0.2) is 0 Å². The van der Waals surface area contributed by atoms with Gasteiger partial charge >= 0.3 is 0 Å². The molecule has 0 bridgehead atoms. The van der Waals surface area contributed by atoms with Crippen molar-refractivity contribution >= 4 is 5.97 Å². The minimum atomic E-state index is -1.60. The SMILES string of the molecule is CCCCC(O)(CC)C(=O)[O-]. The van der Waals surface area contributed by atoms with E-state index in [9.17, 15) is 15.0 Å². The molecule has 1 N–H and O–H groups in total. The van der Waals surface area contributed by atoms with Gasteiger partial charge in [0.2, 0.25) is 0 Å². The molecule has 0 heterocycles. The van der Waals surface area contributed by atoms with Crippen LogP contribution in [0.5, 0.6) is 0 Å².